The maximum Gasteiger partial charge on any atom is 0.325 e. The van der Waals surface area contributed by atoms with Crippen molar-refractivity contribution < 1.29 is 28.7 Å². The second-order valence-electron chi connectivity index (χ2n) is 4.09. The second-order valence-corrected chi connectivity index (χ2v) is 7.65. The highest BCUT2D eigenvalue weighted by Gasteiger charge is 2.13. The molecular weight excluding hydrogens is 278 g/mol. The Morgan fingerprint density at radius 3 is 1.22 bits per heavy atom. The van der Waals surface area contributed by atoms with Crippen LogP contribution in [-0.4, -0.2) is 31.9 Å². The summed E-state index contributed by atoms with van der Waals surface area (Å²) in [6.07, 6.45) is 0.162. The topological polar surface area (TPSA) is 115 Å². The fourth-order valence-electron chi connectivity index (χ4n) is 1.42. The molecule has 0 spiro atoms. The standard InChI is InChI=1S/C10H16O6P2/c11-17(12,13)7-5-9-1-2-10(4-3-9)6-8-18(14,15)16/h1-4H,5-8H2,(H2,11,12,13)(H2,14,15,16). The second kappa shape index (κ2) is 6.11. The summed E-state index contributed by atoms with van der Waals surface area (Å²) in [7, 11) is -7.96. The van der Waals surface area contributed by atoms with Crippen molar-refractivity contribution in [3.63, 3.8) is 0 Å². The van der Waals surface area contributed by atoms with Gasteiger partial charge in [0.15, 0.2) is 0 Å². The first-order valence-corrected chi connectivity index (χ1v) is 8.92. The summed E-state index contributed by atoms with van der Waals surface area (Å²) in [6, 6.07) is 6.85. The van der Waals surface area contributed by atoms with Gasteiger partial charge in [0.1, 0.15) is 0 Å². The van der Waals surface area contributed by atoms with Gasteiger partial charge in [-0.05, 0) is 24.0 Å². The monoisotopic (exact) mass is 294 g/mol. The van der Waals surface area contributed by atoms with Crippen molar-refractivity contribution in [2.24, 2.45) is 0 Å². The Hall–Kier alpha value is -0.480. The van der Waals surface area contributed by atoms with E-state index >= 15 is 0 Å². The highest BCUT2D eigenvalue weighted by molar-refractivity contribution is 7.52. The van der Waals surface area contributed by atoms with Crippen molar-refractivity contribution in [3.8, 4) is 0 Å². The molecule has 18 heavy (non-hydrogen) atoms. The van der Waals surface area contributed by atoms with Crippen molar-refractivity contribution in [1.29, 1.82) is 0 Å². The van der Waals surface area contributed by atoms with Gasteiger partial charge in [-0.3, -0.25) is 9.13 Å². The molecule has 0 fully saturated rings. The molecule has 8 heteroatoms. The van der Waals surface area contributed by atoms with Gasteiger partial charge < -0.3 is 19.6 Å². The van der Waals surface area contributed by atoms with E-state index in [0.717, 1.165) is 11.1 Å². The maximum atomic E-state index is 10.7. The minimum atomic E-state index is -3.98. The molecule has 4 N–H and O–H groups in total. The minimum Gasteiger partial charge on any atom is -0.324 e. The van der Waals surface area contributed by atoms with Crippen molar-refractivity contribution in [2.45, 2.75) is 12.8 Å². The molecule has 0 saturated carbocycles. The zero-order chi connectivity index (χ0) is 13.8. The van der Waals surface area contributed by atoms with E-state index in [2.05, 4.69) is 0 Å². The summed E-state index contributed by atoms with van der Waals surface area (Å²) in [5.74, 6) is 0. The molecule has 0 bridgehead atoms. The molecule has 1 rings (SSSR count). The van der Waals surface area contributed by atoms with Gasteiger partial charge in [0.25, 0.3) is 0 Å². The van der Waals surface area contributed by atoms with Gasteiger partial charge in [0, 0.05) is 0 Å². The van der Waals surface area contributed by atoms with Gasteiger partial charge in [0.05, 0.1) is 12.3 Å². The smallest absolute Gasteiger partial charge is 0.324 e. The van der Waals surface area contributed by atoms with Crippen LogP contribution in [0.3, 0.4) is 0 Å². The van der Waals surface area contributed by atoms with Crippen LogP contribution in [-0.2, 0) is 22.0 Å². The Bertz CT molecular complexity index is 427. The van der Waals surface area contributed by atoms with Crippen LogP contribution in [0.4, 0.5) is 0 Å². The average molecular weight is 294 g/mol. The molecule has 6 nitrogen and oxygen atoms in total. The SMILES string of the molecule is O=P(O)(O)CCc1ccc(CCP(=O)(O)O)cc1. The summed E-state index contributed by atoms with van der Waals surface area (Å²) in [5.41, 5.74) is 1.58. The van der Waals surface area contributed by atoms with Gasteiger partial charge in [-0.25, -0.2) is 0 Å². The van der Waals surface area contributed by atoms with E-state index in [-0.39, 0.29) is 25.2 Å². The molecule has 0 unspecified atom stereocenters. The molecule has 0 saturated heterocycles. The molecule has 102 valence electrons. The van der Waals surface area contributed by atoms with E-state index in [1.807, 2.05) is 0 Å². The summed E-state index contributed by atoms with van der Waals surface area (Å²) >= 11 is 0. The van der Waals surface area contributed by atoms with E-state index in [0.29, 0.717) is 0 Å². The zero-order valence-electron chi connectivity index (χ0n) is 9.64. The predicted molar refractivity (Wildman–Crippen MR) is 67.7 cm³/mol. The number of benzene rings is 1. The lowest BCUT2D eigenvalue weighted by Gasteiger charge is -2.06. The summed E-state index contributed by atoms with van der Waals surface area (Å²) in [4.78, 5) is 34.9. The van der Waals surface area contributed by atoms with Crippen LogP contribution in [0.5, 0.6) is 0 Å². The Balaban J connectivity index is 2.53. The normalized spacial score (nSPS) is 12.7. The molecule has 0 aliphatic heterocycles. The third-order valence-corrected chi connectivity index (χ3v) is 4.02. The molecule has 1 aromatic rings. The highest BCUT2D eigenvalue weighted by atomic mass is 31.2. The molecule has 1 aromatic carbocycles. The average Bonchev–Trinajstić information content (AvgIpc) is 2.23. The molecule has 0 aliphatic carbocycles. The van der Waals surface area contributed by atoms with Crippen molar-refractivity contribution in [3.05, 3.63) is 35.4 Å². The maximum absolute atomic E-state index is 10.7. The lowest BCUT2D eigenvalue weighted by molar-refractivity contribution is 0.370. The van der Waals surface area contributed by atoms with Crippen LogP contribution in [0.25, 0.3) is 0 Å². The Morgan fingerprint density at radius 1 is 0.722 bits per heavy atom. The third-order valence-electron chi connectivity index (χ3n) is 2.41. The summed E-state index contributed by atoms with van der Waals surface area (Å²) in [6.45, 7) is 0. The molecule has 0 amide bonds. The molecule has 0 aliphatic rings. The number of hydrogen-bond acceptors (Lipinski definition) is 2. The molecule has 0 aromatic heterocycles. The van der Waals surface area contributed by atoms with Crippen molar-refractivity contribution in [1.82, 2.24) is 0 Å². The quantitative estimate of drug-likeness (QED) is 0.585. The first-order chi connectivity index (χ1) is 8.16. The van der Waals surface area contributed by atoms with Crippen LogP contribution in [0.15, 0.2) is 24.3 Å². The van der Waals surface area contributed by atoms with Crippen LogP contribution in [0.2, 0.25) is 0 Å². The minimum absolute atomic E-state index is 0.200. The lowest BCUT2D eigenvalue weighted by Crippen LogP contribution is -1.96. The summed E-state index contributed by atoms with van der Waals surface area (Å²) < 4.78 is 21.4. The zero-order valence-corrected chi connectivity index (χ0v) is 11.4. The van der Waals surface area contributed by atoms with Crippen LogP contribution < -0.4 is 0 Å². The van der Waals surface area contributed by atoms with Crippen molar-refractivity contribution in [2.75, 3.05) is 12.3 Å². The molecule has 0 atom stereocenters. The fourth-order valence-corrected chi connectivity index (χ4v) is 2.52. The Labute approximate surface area is 105 Å². The first-order valence-electron chi connectivity index (χ1n) is 5.33. The van der Waals surface area contributed by atoms with Gasteiger partial charge in [0.2, 0.25) is 0 Å². The van der Waals surface area contributed by atoms with Gasteiger partial charge in [-0.15, -0.1) is 0 Å². The van der Waals surface area contributed by atoms with E-state index in [1.54, 1.807) is 24.3 Å². The van der Waals surface area contributed by atoms with Crippen LogP contribution >= 0.6 is 15.2 Å². The van der Waals surface area contributed by atoms with Gasteiger partial charge in [-0.2, -0.15) is 0 Å². The molecular formula is C10H16O6P2. The van der Waals surface area contributed by atoms with Gasteiger partial charge in [-0.1, -0.05) is 24.3 Å². The molecule has 0 heterocycles. The number of rotatable bonds is 6. The largest absolute Gasteiger partial charge is 0.325 e. The Morgan fingerprint density at radius 2 is 1.00 bits per heavy atom. The summed E-state index contributed by atoms with van der Waals surface area (Å²) in [5, 5.41) is 0. The fraction of sp³-hybridized carbons (Fsp3) is 0.400. The Kier molecular flexibility index (Phi) is 5.29. The first kappa shape index (κ1) is 15.6. The van der Waals surface area contributed by atoms with E-state index in [4.69, 9.17) is 19.6 Å². The van der Waals surface area contributed by atoms with E-state index in [1.165, 1.54) is 0 Å². The molecule has 0 radical (unpaired) electrons. The van der Waals surface area contributed by atoms with Crippen molar-refractivity contribution >= 4 is 15.2 Å². The highest BCUT2D eigenvalue weighted by Crippen LogP contribution is 2.35. The number of aryl methyl sites for hydroxylation is 2. The predicted octanol–water partition coefficient (Wildman–Crippen LogP) is 1.13. The third kappa shape index (κ3) is 7.07. The van der Waals surface area contributed by atoms with E-state index < -0.39 is 15.2 Å². The van der Waals surface area contributed by atoms with Gasteiger partial charge >= 0.3 is 15.2 Å². The van der Waals surface area contributed by atoms with E-state index in [9.17, 15) is 9.13 Å². The number of hydrogen-bond donors (Lipinski definition) is 4. The lowest BCUT2D eigenvalue weighted by atomic mass is 10.1. The van der Waals surface area contributed by atoms with Crippen LogP contribution in [0.1, 0.15) is 11.1 Å². The van der Waals surface area contributed by atoms with Crippen LogP contribution in [0, 0.1) is 0 Å².